The number of hydrogen-bond donors (Lipinski definition) is 2. The Bertz CT molecular complexity index is 789. The van der Waals surface area contributed by atoms with Crippen LogP contribution < -0.4 is 10.6 Å². The number of nitrogens with one attached hydrogen (secondary N) is 2. The van der Waals surface area contributed by atoms with E-state index in [9.17, 15) is 9.59 Å². The SMILES string of the molecule is CN(C)C(=O)CCc1cccc(NC(=S)NC(=O)c2ccc(Br)o2)c1. The first kappa shape index (κ1) is 19.1. The van der Waals surface area contributed by atoms with Crippen molar-refractivity contribution in [3.05, 3.63) is 52.4 Å². The number of amides is 2. The smallest absolute Gasteiger partial charge is 0.293 e. The van der Waals surface area contributed by atoms with Gasteiger partial charge in [-0.1, -0.05) is 12.1 Å². The maximum absolute atomic E-state index is 12.0. The summed E-state index contributed by atoms with van der Waals surface area (Å²) in [5, 5.41) is 5.67. The molecule has 0 saturated carbocycles. The van der Waals surface area contributed by atoms with Crippen molar-refractivity contribution in [2.24, 2.45) is 0 Å². The predicted octanol–water partition coefficient (Wildman–Crippen LogP) is 3.19. The number of carbonyl (C=O) groups excluding carboxylic acids is 2. The maximum atomic E-state index is 12.0. The molecular weight excluding hydrogens is 406 g/mol. The fourth-order valence-electron chi connectivity index (χ4n) is 2.04. The molecule has 1 heterocycles. The van der Waals surface area contributed by atoms with E-state index in [-0.39, 0.29) is 16.8 Å². The highest BCUT2D eigenvalue weighted by molar-refractivity contribution is 9.10. The van der Waals surface area contributed by atoms with Gasteiger partial charge in [-0.05, 0) is 64.4 Å². The molecule has 2 rings (SSSR count). The van der Waals surface area contributed by atoms with Crippen LogP contribution in [0.25, 0.3) is 0 Å². The van der Waals surface area contributed by atoms with Gasteiger partial charge in [-0.25, -0.2) is 0 Å². The van der Waals surface area contributed by atoms with Crippen molar-refractivity contribution in [1.82, 2.24) is 10.2 Å². The molecule has 6 nitrogen and oxygen atoms in total. The highest BCUT2D eigenvalue weighted by atomic mass is 79.9. The molecular formula is C17H18BrN3O3S. The minimum atomic E-state index is -0.434. The number of halogens is 1. The molecule has 0 radical (unpaired) electrons. The topological polar surface area (TPSA) is 74.6 Å². The number of benzene rings is 1. The lowest BCUT2D eigenvalue weighted by Gasteiger charge is -2.11. The number of nitrogens with zero attached hydrogens (tertiary/aromatic N) is 1. The summed E-state index contributed by atoms with van der Waals surface area (Å²) in [4.78, 5) is 25.2. The van der Waals surface area contributed by atoms with Crippen LogP contribution in [0.5, 0.6) is 0 Å². The average Bonchev–Trinajstić information content (AvgIpc) is 2.99. The predicted molar refractivity (Wildman–Crippen MR) is 104 cm³/mol. The van der Waals surface area contributed by atoms with E-state index in [1.54, 1.807) is 31.1 Å². The lowest BCUT2D eigenvalue weighted by atomic mass is 10.1. The Morgan fingerprint density at radius 1 is 1.24 bits per heavy atom. The minimum Gasteiger partial charge on any atom is -0.444 e. The normalized spacial score (nSPS) is 10.2. The summed E-state index contributed by atoms with van der Waals surface area (Å²) in [7, 11) is 3.47. The van der Waals surface area contributed by atoms with Crippen LogP contribution in [-0.2, 0) is 11.2 Å². The van der Waals surface area contributed by atoms with Gasteiger partial charge in [-0.3, -0.25) is 14.9 Å². The van der Waals surface area contributed by atoms with Crippen LogP contribution in [-0.4, -0.2) is 35.9 Å². The molecule has 1 aromatic heterocycles. The van der Waals surface area contributed by atoms with Gasteiger partial charge in [-0.2, -0.15) is 0 Å². The molecule has 2 amide bonds. The Balaban J connectivity index is 1.91. The van der Waals surface area contributed by atoms with Crippen molar-refractivity contribution in [3.8, 4) is 0 Å². The zero-order valence-electron chi connectivity index (χ0n) is 13.8. The van der Waals surface area contributed by atoms with Crippen LogP contribution in [0.15, 0.2) is 45.5 Å². The average molecular weight is 424 g/mol. The first-order valence-corrected chi connectivity index (χ1v) is 8.72. The summed E-state index contributed by atoms with van der Waals surface area (Å²) in [5.74, 6) is -0.200. The van der Waals surface area contributed by atoms with Crippen molar-refractivity contribution >= 4 is 50.8 Å². The molecule has 132 valence electrons. The second kappa shape index (κ2) is 8.77. The van der Waals surface area contributed by atoms with Crippen LogP contribution >= 0.6 is 28.1 Å². The van der Waals surface area contributed by atoms with E-state index in [4.69, 9.17) is 16.6 Å². The summed E-state index contributed by atoms with van der Waals surface area (Å²) in [6, 6.07) is 10.7. The highest BCUT2D eigenvalue weighted by Gasteiger charge is 2.12. The molecule has 0 spiro atoms. The molecule has 0 fully saturated rings. The Morgan fingerprint density at radius 2 is 2.00 bits per heavy atom. The van der Waals surface area contributed by atoms with Gasteiger partial charge in [0.2, 0.25) is 5.91 Å². The highest BCUT2D eigenvalue weighted by Crippen LogP contribution is 2.15. The molecule has 2 N–H and O–H groups in total. The van der Waals surface area contributed by atoms with E-state index in [0.29, 0.717) is 17.5 Å². The van der Waals surface area contributed by atoms with Gasteiger partial charge in [0.25, 0.3) is 5.91 Å². The van der Waals surface area contributed by atoms with Crippen LogP contribution in [0.2, 0.25) is 0 Å². The number of aryl methyl sites for hydroxylation is 1. The molecule has 0 bridgehead atoms. The Morgan fingerprint density at radius 3 is 2.64 bits per heavy atom. The van der Waals surface area contributed by atoms with Gasteiger partial charge in [-0.15, -0.1) is 0 Å². The second-order valence-electron chi connectivity index (χ2n) is 5.50. The molecule has 25 heavy (non-hydrogen) atoms. The molecule has 0 aliphatic rings. The Hall–Kier alpha value is -2.19. The van der Waals surface area contributed by atoms with Crippen LogP contribution in [0, 0.1) is 0 Å². The minimum absolute atomic E-state index is 0.0748. The van der Waals surface area contributed by atoms with Crippen molar-refractivity contribution in [1.29, 1.82) is 0 Å². The maximum Gasteiger partial charge on any atom is 0.293 e. The molecule has 0 saturated heterocycles. The molecule has 0 aliphatic heterocycles. The molecule has 0 unspecified atom stereocenters. The fraction of sp³-hybridized carbons (Fsp3) is 0.235. The summed E-state index contributed by atoms with van der Waals surface area (Å²) < 4.78 is 5.64. The summed E-state index contributed by atoms with van der Waals surface area (Å²) in [5.41, 5.74) is 1.74. The molecule has 8 heteroatoms. The van der Waals surface area contributed by atoms with Gasteiger partial charge in [0.1, 0.15) is 0 Å². The molecule has 2 aromatic rings. The van der Waals surface area contributed by atoms with Gasteiger partial charge in [0.15, 0.2) is 15.5 Å². The second-order valence-corrected chi connectivity index (χ2v) is 6.69. The van der Waals surface area contributed by atoms with Gasteiger partial charge < -0.3 is 14.6 Å². The lowest BCUT2D eigenvalue weighted by Crippen LogP contribution is -2.33. The fourth-order valence-corrected chi connectivity index (χ4v) is 2.56. The van der Waals surface area contributed by atoms with Crippen molar-refractivity contribution in [2.45, 2.75) is 12.8 Å². The van der Waals surface area contributed by atoms with Crippen molar-refractivity contribution < 1.29 is 14.0 Å². The zero-order valence-corrected chi connectivity index (χ0v) is 16.2. The van der Waals surface area contributed by atoms with Crippen molar-refractivity contribution in [2.75, 3.05) is 19.4 Å². The molecule has 0 aliphatic carbocycles. The van der Waals surface area contributed by atoms with E-state index in [0.717, 1.165) is 11.3 Å². The van der Waals surface area contributed by atoms with Crippen LogP contribution in [0.4, 0.5) is 5.69 Å². The third-order valence-electron chi connectivity index (χ3n) is 3.34. The quantitative estimate of drug-likeness (QED) is 0.722. The van der Waals surface area contributed by atoms with Gasteiger partial charge in [0, 0.05) is 26.2 Å². The number of thiocarbonyl (C=S) groups is 1. The van der Waals surface area contributed by atoms with E-state index in [1.165, 1.54) is 0 Å². The van der Waals surface area contributed by atoms with Gasteiger partial charge in [0.05, 0.1) is 0 Å². The van der Waals surface area contributed by atoms with Crippen molar-refractivity contribution in [3.63, 3.8) is 0 Å². The zero-order chi connectivity index (χ0) is 18.4. The molecule has 0 atom stereocenters. The number of anilines is 1. The number of hydrogen-bond acceptors (Lipinski definition) is 4. The van der Waals surface area contributed by atoms with E-state index >= 15 is 0 Å². The number of furan rings is 1. The van der Waals surface area contributed by atoms with E-state index in [1.807, 2.05) is 24.3 Å². The number of rotatable bonds is 5. The first-order valence-electron chi connectivity index (χ1n) is 7.52. The van der Waals surface area contributed by atoms with Crippen LogP contribution in [0.1, 0.15) is 22.5 Å². The van der Waals surface area contributed by atoms with Gasteiger partial charge >= 0.3 is 0 Å². The van der Waals surface area contributed by atoms with E-state index in [2.05, 4.69) is 26.6 Å². The summed E-state index contributed by atoms with van der Waals surface area (Å²) in [6.07, 6.45) is 1.07. The summed E-state index contributed by atoms with van der Waals surface area (Å²) >= 11 is 8.29. The lowest BCUT2D eigenvalue weighted by molar-refractivity contribution is -0.128. The third kappa shape index (κ3) is 5.99. The first-order chi connectivity index (χ1) is 11.8. The monoisotopic (exact) mass is 423 g/mol. The largest absolute Gasteiger partial charge is 0.444 e. The number of carbonyl (C=O) groups is 2. The van der Waals surface area contributed by atoms with Crippen LogP contribution in [0.3, 0.4) is 0 Å². The summed E-state index contributed by atoms with van der Waals surface area (Å²) in [6.45, 7) is 0. The van der Waals surface area contributed by atoms with E-state index < -0.39 is 5.91 Å². The molecule has 1 aromatic carbocycles. The standard InChI is InChI=1S/C17H18BrN3O3S/c1-21(2)15(22)9-6-11-4-3-5-12(10-11)19-17(25)20-16(23)13-7-8-14(18)24-13/h3-5,7-8,10H,6,9H2,1-2H3,(H2,19,20,23,25). The Labute approximate surface area is 159 Å². The third-order valence-corrected chi connectivity index (χ3v) is 3.97. The Kier molecular flexibility index (Phi) is 6.72.